The normalized spacial score (nSPS) is 11.7. The lowest BCUT2D eigenvalue weighted by Crippen LogP contribution is -2.16. The van der Waals surface area contributed by atoms with Crippen molar-refractivity contribution in [1.29, 1.82) is 0 Å². The minimum absolute atomic E-state index is 0.0824. The summed E-state index contributed by atoms with van der Waals surface area (Å²) < 4.78 is 10.7. The predicted molar refractivity (Wildman–Crippen MR) is 74.1 cm³/mol. The van der Waals surface area contributed by atoms with Crippen molar-refractivity contribution in [2.24, 2.45) is 0 Å². The minimum atomic E-state index is -0.779. The summed E-state index contributed by atoms with van der Waals surface area (Å²) in [7, 11) is 1.60. The first-order valence-corrected chi connectivity index (χ1v) is 6.36. The quantitative estimate of drug-likeness (QED) is 0.758. The Morgan fingerprint density at radius 2 is 2.16 bits per heavy atom. The summed E-state index contributed by atoms with van der Waals surface area (Å²) >= 11 is 0. The van der Waals surface area contributed by atoms with E-state index in [2.05, 4.69) is 5.32 Å². The van der Waals surface area contributed by atoms with E-state index in [1.165, 1.54) is 0 Å². The first kappa shape index (κ1) is 15.1. The van der Waals surface area contributed by atoms with Crippen molar-refractivity contribution >= 4 is 11.7 Å². The highest BCUT2D eigenvalue weighted by Crippen LogP contribution is 2.30. The van der Waals surface area contributed by atoms with Crippen LogP contribution in [0.5, 0.6) is 11.5 Å². The summed E-state index contributed by atoms with van der Waals surface area (Å²) in [5.41, 5.74) is 0.891. The van der Waals surface area contributed by atoms with Crippen LogP contribution in [-0.2, 0) is 4.79 Å². The number of carboxylic acids is 1. The Morgan fingerprint density at radius 1 is 1.42 bits per heavy atom. The number of aliphatic carboxylic acids is 1. The highest BCUT2D eigenvalue weighted by atomic mass is 16.5. The Hall–Kier alpha value is -1.91. The molecule has 0 amide bonds. The lowest BCUT2D eigenvalue weighted by molar-refractivity contribution is -0.137. The maximum Gasteiger partial charge on any atom is 0.303 e. The standard InChI is InChI=1S/C14H21NO4/c1-4-19-13-9-11(6-7-12(13)18-3)15-10(2)5-8-14(16)17/h6-7,9-10,15H,4-5,8H2,1-3H3,(H,16,17). The number of hydrogen-bond acceptors (Lipinski definition) is 4. The number of ether oxygens (including phenoxy) is 2. The van der Waals surface area contributed by atoms with E-state index in [0.717, 1.165) is 5.69 Å². The highest BCUT2D eigenvalue weighted by molar-refractivity contribution is 5.66. The van der Waals surface area contributed by atoms with Crippen molar-refractivity contribution in [3.8, 4) is 11.5 Å². The summed E-state index contributed by atoms with van der Waals surface area (Å²) in [6.07, 6.45) is 0.730. The van der Waals surface area contributed by atoms with Crippen molar-refractivity contribution in [3.05, 3.63) is 18.2 Å². The lowest BCUT2D eigenvalue weighted by Gasteiger charge is -2.16. The van der Waals surface area contributed by atoms with Crippen molar-refractivity contribution in [2.45, 2.75) is 32.7 Å². The summed E-state index contributed by atoms with van der Waals surface area (Å²) in [6, 6.07) is 5.66. The molecule has 0 aliphatic heterocycles. The van der Waals surface area contributed by atoms with Gasteiger partial charge in [-0.15, -0.1) is 0 Å². The Bertz CT molecular complexity index is 420. The van der Waals surface area contributed by atoms with Gasteiger partial charge in [0.1, 0.15) is 0 Å². The van der Waals surface area contributed by atoms with E-state index in [9.17, 15) is 4.79 Å². The van der Waals surface area contributed by atoms with Crippen LogP contribution in [0.25, 0.3) is 0 Å². The first-order valence-electron chi connectivity index (χ1n) is 6.36. The number of hydrogen-bond donors (Lipinski definition) is 2. The largest absolute Gasteiger partial charge is 0.493 e. The average molecular weight is 267 g/mol. The number of rotatable bonds is 8. The number of carbonyl (C=O) groups is 1. The van der Waals surface area contributed by atoms with Gasteiger partial charge in [0.15, 0.2) is 11.5 Å². The molecule has 0 saturated heterocycles. The Labute approximate surface area is 113 Å². The second-order valence-corrected chi connectivity index (χ2v) is 4.28. The zero-order valence-electron chi connectivity index (χ0n) is 11.6. The van der Waals surface area contributed by atoms with Crippen molar-refractivity contribution in [3.63, 3.8) is 0 Å². The van der Waals surface area contributed by atoms with Crippen molar-refractivity contribution < 1.29 is 19.4 Å². The lowest BCUT2D eigenvalue weighted by atomic mass is 10.1. The van der Waals surface area contributed by atoms with Gasteiger partial charge in [-0.2, -0.15) is 0 Å². The van der Waals surface area contributed by atoms with Gasteiger partial charge in [-0.1, -0.05) is 0 Å². The van der Waals surface area contributed by atoms with Crippen LogP contribution in [0.2, 0.25) is 0 Å². The fourth-order valence-corrected chi connectivity index (χ4v) is 1.73. The molecule has 0 aliphatic rings. The minimum Gasteiger partial charge on any atom is -0.493 e. The van der Waals surface area contributed by atoms with Crippen LogP contribution >= 0.6 is 0 Å². The predicted octanol–water partition coefficient (Wildman–Crippen LogP) is 2.76. The summed E-state index contributed by atoms with van der Waals surface area (Å²) in [5.74, 6) is 0.587. The molecule has 106 valence electrons. The Kier molecular flexibility index (Phi) is 5.99. The monoisotopic (exact) mass is 267 g/mol. The molecular formula is C14H21NO4. The summed E-state index contributed by atoms with van der Waals surface area (Å²) in [4.78, 5) is 10.5. The van der Waals surface area contributed by atoms with Gasteiger partial charge in [-0.3, -0.25) is 4.79 Å². The van der Waals surface area contributed by atoms with Crippen LogP contribution in [0.15, 0.2) is 18.2 Å². The molecule has 0 radical (unpaired) electrons. The van der Waals surface area contributed by atoms with Gasteiger partial charge < -0.3 is 19.9 Å². The van der Waals surface area contributed by atoms with Gasteiger partial charge in [-0.05, 0) is 32.4 Å². The van der Waals surface area contributed by atoms with Crippen LogP contribution in [0, 0.1) is 0 Å². The van der Waals surface area contributed by atoms with Crippen molar-refractivity contribution in [1.82, 2.24) is 0 Å². The smallest absolute Gasteiger partial charge is 0.303 e. The SMILES string of the molecule is CCOc1cc(NC(C)CCC(=O)O)ccc1OC. The van der Waals surface area contributed by atoms with Crippen molar-refractivity contribution in [2.75, 3.05) is 19.0 Å². The van der Waals surface area contributed by atoms with Gasteiger partial charge in [-0.25, -0.2) is 0 Å². The van der Waals surface area contributed by atoms with E-state index in [4.69, 9.17) is 14.6 Å². The molecule has 0 fully saturated rings. The van der Waals surface area contributed by atoms with Gasteiger partial charge in [0.2, 0.25) is 0 Å². The molecule has 19 heavy (non-hydrogen) atoms. The number of nitrogens with one attached hydrogen (secondary N) is 1. The molecule has 1 rings (SSSR count). The topological polar surface area (TPSA) is 67.8 Å². The fraction of sp³-hybridized carbons (Fsp3) is 0.500. The first-order chi connectivity index (χ1) is 9.06. The van der Waals surface area contributed by atoms with E-state index in [1.54, 1.807) is 7.11 Å². The van der Waals surface area contributed by atoms with E-state index in [1.807, 2.05) is 32.0 Å². The van der Waals surface area contributed by atoms with Gasteiger partial charge in [0.05, 0.1) is 13.7 Å². The third-order valence-corrected chi connectivity index (χ3v) is 2.67. The summed E-state index contributed by atoms with van der Waals surface area (Å²) in [6.45, 7) is 4.43. The number of carboxylic acid groups (broad SMARTS) is 1. The molecule has 1 aromatic carbocycles. The van der Waals surface area contributed by atoms with Gasteiger partial charge in [0, 0.05) is 24.2 Å². The molecule has 1 unspecified atom stereocenters. The van der Waals surface area contributed by atoms with Crippen LogP contribution in [0.4, 0.5) is 5.69 Å². The second-order valence-electron chi connectivity index (χ2n) is 4.28. The summed E-state index contributed by atoms with van der Waals surface area (Å²) in [5, 5.41) is 11.9. The number of methoxy groups -OCH3 is 1. The fourth-order valence-electron chi connectivity index (χ4n) is 1.73. The molecule has 0 heterocycles. The van der Waals surface area contributed by atoms with Crippen LogP contribution < -0.4 is 14.8 Å². The van der Waals surface area contributed by atoms with E-state index < -0.39 is 5.97 Å². The molecular weight excluding hydrogens is 246 g/mol. The molecule has 1 atom stereocenters. The van der Waals surface area contributed by atoms with Crippen LogP contribution in [-0.4, -0.2) is 30.8 Å². The highest BCUT2D eigenvalue weighted by Gasteiger charge is 2.08. The zero-order valence-corrected chi connectivity index (χ0v) is 11.6. The molecule has 0 saturated carbocycles. The Morgan fingerprint density at radius 3 is 2.74 bits per heavy atom. The van der Waals surface area contributed by atoms with Crippen LogP contribution in [0.1, 0.15) is 26.7 Å². The van der Waals surface area contributed by atoms with E-state index >= 15 is 0 Å². The molecule has 5 nitrogen and oxygen atoms in total. The molecule has 0 spiro atoms. The molecule has 5 heteroatoms. The third-order valence-electron chi connectivity index (χ3n) is 2.67. The molecule has 2 N–H and O–H groups in total. The van der Waals surface area contributed by atoms with Crippen LogP contribution in [0.3, 0.4) is 0 Å². The Balaban J connectivity index is 2.67. The second kappa shape index (κ2) is 7.51. The number of benzene rings is 1. The molecule has 0 aliphatic carbocycles. The van der Waals surface area contributed by atoms with Gasteiger partial charge >= 0.3 is 5.97 Å². The molecule has 1 aromatic rings. The maximum atomic E-state index is 10.5. The van der Waals surface area contributed by atoms with E-state index in [0.29, 0.717) is 24.5 Å². The van der Waals surface area contributed by atoms with E-state index in [-0.39, 0.29) is 12.5 Å². The third kappa shape index (κ3) is 5.07. The van der Waals surface area contributed by atoms with Gasteiger partial charge in [0.25, 0.3) is 0 Å². The molecule has 0 bridgehead atoms. The zero-order chi connectivity index (χ0) is 14.3. The average Bonchev–Trinajstić information content (AvgIpc) is 2.37. The molecule has 0 aromatic heterocycles. The maximum absolute atomic E-state index is 10.5. The number of anilines is 1.